The fourth-order valence-corrected chi connectivity index (χ4v) is 3.98. The highest BCUT2D eigenvalue weighted by Crippen LogP contribution is 2.27. The average Bonchev–Trinajstić information content (AvgIpc) is 2.92. The maximum atomic E-state index is 12.7. The molecule has 136 valence electrons. The van der Waals surface area contributed by atoms with Crippen molar-refractivity contribution in [3.8, 4) is 0 Å². The van der Waals surface area contributed by atoms with Gasteiger partial charge in [0.1, 0.15) is 11.4 Å². The molecule has 0 saturated heterocycles. The van der Waals surface area contributed by atoms with Crippen molar-refractivity contribution < 1.29 is 4.79 Å². The molecule has 0 bridgehead atoms. The van der Waals surface area contributed by atoms with E-state index >= 15 is 0 Å². The Morgan fingerprint density at radius 3 is 2.77 bits per heavy atom. The van der Waals surface area contributed by atoms with Gasteiger partial charge in [-0.05, 0) is 43.4 Å². The summed E-state index contributed by atoms with van der Waals surface area (Å²) in [5, 5.41) is 3.56. The fourth-order valence-electron chi connectivity index (χ4n) is 2.99. The Bertz CT molecular complexity index is 1020. The number of nitrogens with one attached hydrogen (secondary N) is 1. The van der Waals surface area contributed by atoms with E-state index in [0.717, 1.165) is 32.9 Å². The van der Waals surface area contributed by atoms with Crippen molar-refractivity contribution in [2.75, 3.05) is 5.32 Å². The normalized spacial score (nSPS) is 12.3. The Kier molecular flexibility index (Phi) is 5.23. The van der Waals surface area contributed by atoms with Crippen LogP contribution in [0.3, 0.4) is 0 Å². The SMILES string of the molecule is CC[C@H](C)c1ccccc1NC(=O)Cn1cnc2sc(C)c(C)c2c1=O. The highest BCUT2D eigenvalue weighted by atomic mass is 32.1. The van der Waals surface area contributed by atoms with Crippen LogP contribution in [0.1, 0.15) is 42.2 Å². The molecule has 0 spiro atoms. The van der Waals surface area contributed by atoms with Gasteiger partial charge in [0.05, 0.1) is 11.7 Å². The van der Waals surface area contributed by atoms with Gasteiger partial charge < -0.3 is 5.32 Å². The molecular weight excluding hydrogens is 346 g/mol. The first-order valence-corrected chi connectivity index (χ1v) is 9.58. The molecule has 3 rings (SSSR count). The highest BCUT2D eigenvalue weighted by Gasteiger charge is 2.15. The summed E-state index contributed by atoms with van der Waals surface area (Å²) in [7, 11) is 0. The van der Waals surface area contributed by atoms with Gasteiger partial charge in [0.25, 0.3) is 5.56 Å². The lowest BCUT2D eigenvalue weighted by Crippen LogP contribution is -2.28. The Hall–Kier alpha value is -2.47. The first-order valence-electron chi connectivity index (χ1n) is 8.76. The van der Waals surface area contributed by atoms with Crippen molar-refractivity contribution in [2.45, 2.75) is 46.6 Å². The molecule has 1 atom stereocenters. The van der Waals surface area contributed by atoms with Gasteiger partial charge in [-0.1, -0.05) is 32.0 Å². The third-order valence-electron chi connectivity index (χ3n) is 4.85. The first kappa shape index (κ1) is 18.3. The van der Waals surface area contributed by atoms with E-state index in [4.69, 9.17) is 0 Å². The lowest BCUT2D eigenvalue weighted by atomic mass is 9.97. The van der Waals surface area contributed by atoms with Gasteiger partial charge in [-0.15, -0.1) is 11.3 Å². The molecule has 1 amide bonds. The van der Waals surface area contributed by atoms with Crippen LogP contribution < -0.4 is 10.9 Å². The zero-order chi connectivity index (χ0) is 18.8. The number of carbonyl (C=O) groups excluding carboxylic acids is 1. The number of nitrogens with zero attached hydrogens (tertiary/aromatic N) is 2. The average molecular weight is 369 g/mol. The van der Waals surface area contributed by atoms with E-state index in [1.807, 2.05) is 38.1 Å². The largest absolute Gasteiger partial charge is 0.324 e. The van der Waals surface area contributed by atoms with Crippen LogP contribution in [-0.2, 0) is 11.3 Å². The van der Waals surface area contributed by atoms with Crippen molar-refractivity contribution in [3.63, 3.8) is 0 Å². The van der Waals surface area contributed by atoms with Crippen LogP contribution in [0.2, 0.25) is 0 Å². The molecule has 1 aromatic carbocycles. The molecule has 3 aromatic rings. The van der Waals surface area contributed by atoms with Crippen LogP contribution in [0.4, 0.5) is 5.69 Å². The molecule has 6 heteroatoms. The molecular formula is C20H23N3O2S. The molecule has 0 fully saturated rings. The number of fused-ring (bicyclic) bond motifs is 1. The number of aromatic nitrogens is 2. The van der Waals surface area contributed by atoms with Crippen LogP contribution >= 0.6 is 11.3 Å². The van der Waals surface area contributed by atoms with Crippen LogP contribution in [-0.4, -0.2) is 15.5 Å². The number of thiophene rings is 1. The first-order chi connectivity index (χ1) is 12.4. The summed E-state index contributed by atoms with van der Waals surface area (Å²) in [6, 6.07) is 7.80. The number of rotatable bonds is 5. The molecule has 1 N–H and O–H groups in total. The molecule has 5 nitrogen and oxygen atoms in total. The van der Waals surface area contributed by atoms with E-state index in [-0.39, 0.29) is 18.0 Å². The maximum Gasteiger partial charge on any atom is 0.262 e. The lowest BCUT2D eigenvalue weighted by Gasteiger charge is -2.16. The third-order valence-corrected chi connectivity index (χ3v) is 5.96. The zero-order valence-corrected chi connectivity index (χ0v) is 16.3. The van der Waals surface area contributed by atoms with E-state index in [1.54, 1.807) is 0 Å². The van der Waals surface area contributed by atoms with Gasteiger partial charge >= 0.3 is 0 Å². The van der Waals surface area contributed by atoms with E-state index in [0.29, 0.717) is 11.3 Å². The number of para-hydroxylation sites is 1. The number of hydrogen-bond donors (Lipinski definition) is 1. The Labute approximate surface area is 156 Å². The Morgan fingerprint density at radius 1 is 1.31 bits per heavy atom. The van der Waals surface area contributed by atoms with Gasteiger partial charge in [0.15, 0.2) is 0 Å². The van der Waals surface area contributed by atoms with Crippen molar-refractivity contribution in [3.05, 3.63) is 57.0 Å². The molecule has 0 aliphatic rings. The number of amides is 1. The van der Waals surface area contributed by atoms with Crippen LogP contribution in [0, 0.1) is 13.8 Å². The van der Waals surface area contributed by atoms with E-state index < -0.39 is 0 Å². The van der Waals surface area contributed by atoms with Gasteiger partial charge in [0, 0.05) is 10.6 Å². The second-order valence-corrected chi connectivity index (χ2v) is 7.79. The molecule has 0 radical (unpaired) electrons. The Morgan fingerprint density at radius 2 is 2.04 bits per heavy atom. The predicted molar refractivity (Wildman–Crippen MR) is 107 cm³/mol. The number of hydrogen-bond acceptors (Lipinski definition) is 4. The standard InChI is InChI=1S/C20H23N3O2S/c1-5-12(2)15-8-6-7-9-16(15)22-17(24)10-23-11-21-19-18(20(23)25)13(3)14(4)26-19/h6-9,11-12H,5,10H2,1-4H3,(H,22,24)/t12-/m0/s1. The number of carbonyl (C=O) groups is 1. The molecule has 2 heterocycles. The predicted octanol–water partition coefficient (Wildman–Crippen LogP) is 4.23. The van der Waals surface area contributed by atoms with E-state index in [1.165, 1.54) is 22.2 Å². The third kappa shape index (κ3) is 3.42. The monoisotopic (exact) mass is 369 g/mol. The van der Waals surface area contributed by atoms with Gasteiger partial charge in [-0.3, -0.25) is 14.2 Å². The van der Waals surface area contributed by atoms with Gasteiger partial charge in [-0.2, -0.15) is 0 Å². The molecule has 0 aliphatic heterocycles. The Balaban J connectivity index is 1.86. The summed E-state index contributed by atoms with van der Waals surface area (Å²) in [6.07, 6.45) is 2.45. The molecule has 0 unspecified atom stereocenters. The second-order valence-electron chi connectivity index (χ2n) is 6.59. The van der Waals surface area contributed by atoms with Crippen LogP contribution in [0.5, 0.6) is 0 Å². The molecule has 0 saturated carbocycles. The van der Waals surface area contributed by atoms with Crippen molar-refractivity contribution >= 4 is 33.1 Å². The maximum absolute atomic E-state index is 12.7. The minimum atomic E-state index is -0.228. The lowest BCUT2D eigenvalue weighted by molar-refractivity contribution is -0.116. The topological polar surface area (TPSA) is 64.0 Å². The van der Waals surface area contributed by atoms with Crippen molar-refractivity contribution in [1.29, 1.82) is 0 Å². The smallest absolute Gasteiger partial charge is 0.262 e. The number of benzene rings is 1. The minimum absolute atomic E-state index is 0.0506. The molecule has 2 aromatic heterocycles. The number of aryl methyl sites for hydroxylation is 2. The fraction of sp³-hybridized carbons (Fsp3) is 0.350. The number of anilines is 1. The minimum Gasteiger partial charge on any atom is -0.324 e. The van der Waals surface area contributed by atoms with E-state index in [9.17, 15) is 9.59 Å². The van der Waals surface area contributed by atoms with Crippen molar-refractivity contribution in [1.82, 2.24) is 9.55 Å². The van der Waals surface area contributed by atoms with Crippen molar-refractivity contribution in [2.24, 2.45) is 0 Å². The van der Waals surface area contributed by atoms with Gasteiger partial charge in [0.2, 0.25) is 5.91 Å². The summed E-state index contributed by atoms with van der Waals surface area (Å²) in [4.78, 5) is 31.4. The summed E-state index contributed by atoms with van der Waals surface area (Å²) in [5.74, 6) is 0.122. The van der Waals surface area contributed by atoms with Crippen LogP contribution in [0.15, 0.2) is 35.4 Å². The zero-order valence-electron chi connectivity index (χ0n) is 15.5. The summed E-state index contributed by atoms with van der Waals surface area (Å²) in [6.45, 7) is 8.10. The highest BCUT2D eigenvalue weighted by molar-refractivity contribution is 7.18. The summed E-state index contributed by atoms with van der Waals surface area (Å²) >= 11 is 1.51. The molecule has 26 heavy (non-hydrogen) atoms. The summed E-state index contributed by atoms with van der Waals surface area (Å²) in [5.41, 5.74) is 2.69. The van der Waals surface area contributed by atoms with Gasteiger partial charge in [-0.25, -0.2) is 4.98 Å². The van der Waals surface area contributed by atoms with E-state index in [2.05, 4.69) is 24.1 Å². The van der Waals surface area contributed by atoms with Crippen LogP contribution in [0.25, 0.3) is 10.2 Å². The molecule has 0 aliphatic carbocycles. The quantitative estimate of drug-likeness (QED) is 0.732. The summed E-state index contributed by atoms with van der Waals surface area (Å²) < 4.78 is 1.38. The second kappa shape index (κ2) is 7.41.